The van der Waals surface area contributed by atoms with Gasteiger partial charge in [-0.15, -0.1) is 0 Å². The summed E-state index contributed by atoms with van der Waals surface area (Å²) < 4.78 is 0. The molecule has 0 aliphatic heterocycles. The summed E-state index contributed by atoms with van der Waals surface area (Å²) in [6, 6.07) is 10.3. The molecular formula is C19H23NO. The van der Waals surface area contributed by atoms with Crippen LogP contribution in [0.5, 0.6) is 0 Å². The third-order valence-electron chi connectivity index (χ3n) is 6.59. The highest BCUT2D eigenvalue weighted by Crippen LogP contribution is 2.71. The lowest BCUT2D eigenvalue weighted by molar-refractivity contribution is -0.150. The van der Waals surface area contributed by atoms with Crippen molar-refractivity contribution < 1.29 is 5.11 Å². The number of aromatic nitrogens is 1. The monoisotopic (exact) mass is 281 g/mol. The van der Waals surface area contributed by atoms with Crippen LogP contribution in [-0.2, 0) is 5.60 Å². The van der Waals surface area contributed by atoms with E-state index in [2.05, 4.69) is 50.0 Å². The van der Waals surface area contributed by atoms with E-state index in [4.69, 9.17) is 0 Å². The van der Waals surface area contributed by atoms with Crippen molar-refractivity contribution in [1.82, 2.24) is 4.98 Å². The largest absolute Gasteiger partial charge is 0.384 e. The van der Waals surface area contributed by atoms with E-state index >= 15 is 0 Å². The van der Waals surface area contributed by atoms with Gasteiger partial charge in [-0.2, -0.15) is 0 Å². The van der Waals surface area contributed by atoms with Crippen molar-refractivity contribution in [2.75, 3.05) is 0 Å². The van der Waals surface area contributed by atoms with Gasteiger partial charge in [0.15, 0.2) is 0 Å². The second kappa shape index (κ2) is 3.86. The molecular weight excluding hydrogens is 258 g/mol. The maximum atomic E-state index is 11.8. The van der Waals surface area contributed by atoms with Gasteiger partial charge < -0.3 is 5.11 Å². The molecule has 1 aromatic heterocycles. The molecule has 2 heteroatoms. The molecule has 1 aromatic carbocycles. The summed E-state index contributed by atoms with van der Waals surface area (Å²) in [6.45, 7) is 6.75. The maximum Gasteiger partial charge on any atom is 0.100 e. The molecule has 2 bridgehead atoms. The molecule has 2 fully saturated rings. The van der Waals surface area contributed by atoms with Gasteiger partial charge in [0.05, 0.1) is 5.52 Å². The van der Waals surface area contributed by atoms with Crippen LogP contribution in [0.2, 0.25) is 0 Å². The molecule has 3 unspecified atom stereocenters. The van der Waals surface area contributed by atoms with Crippen LogP contribution in [0, 0.1) is 16.7 Å². The summed E-state index contributed by atoms with van der Waals surface area (Å²) >= 11 is 0. The van der Waals surface area contributed by atoms with Gasteiger partial charge in [0, 0.05) is 22.4 Å². The SMILES string of the molecule is CC12CCC(C1)C(C)(C)C2(O)c1ccc2cccnc2c1. The molecule has 1 N–H and O–H groups in total. The Labute approximate surface area is 126 Å². The van der Waals surface area contributed by atoms with Crippen LogP contribution in [0.1, 0.15) is 45.6 Å². The second-order valence-electron chi connectivity index (χ2n) is 7.84. The van der Waals surface area contributed by atoms with Crippen molar-refractivity contribution in [3.8, 4) is 0 Å². The Bertz CT molecular complexity index is 716. The third-order valence-corrected chi connectivity index (χ3v) is 6.59. The molecule has 4 rings (SSSR count). The van der Waals surface area contributed by atoms with Crippen molar-refractivity contribution in [2.45, 2.75) is 45.6 Å². The molecule has 3 atom stereocenters. The van der Waals surface area contributed by atoms with E-state index < -0.39 is 5.60 Å². The standard InChI is InChI=1S/C19H23NO/c1-17(2)15-8-9-18(3,12-15)19(17,21)14-7-6-13-5-4-10-20-16(13)11-14/h4-7,10-11,15,21H,8-9,12H2,1-3H3. The van der Waals surface area contributed by atoms with E-state index in [1.54, 1.807) is 0 Å². The smallest absolute Gasteiger partial charge is 0.100 e. The van der Waals surface area contributed by atoms with E-state index in [-0.39, 0.29) is 10.8 Å². The Morgan fingerprint density at radius 1 is 1.19 bits per heavy atom. The number of nitrogens with zero attached hydrogens (tertiary/aromatic N) is 1. The first kappa shape index (κ1) is 13.3. The Hall–Kier alpha value is -1.41. The highest BCUT2D eigenvalue weighted by Gasteiger charge is 2.68. The first-order chi connectivity index (χ1) is 9.88. The van der Waals surface area contributed by atoms with Crippen molar-refractivity contribution in [3.63, 3.8) is 0 Å². The molecule has 2 aliphatic rings. The van der Waals surface area contributed by atoms with Gasteiger partial charge in [-0.05, 0) is 42.9 Å². The molecule has 0 spiro atoms. The number of rotatable bonds is 1. The number of hydrogen-bond acceptors (Lipinski definition) is 2. The topological polar surface area (TPSA) is 33.1 Å². The predicted octanol–water partition coefficient (Wildman–Crippen LogP) is 4.27. The number of pyridine rings is 1. The molecule has 2 nitrogen and oxygen atoms in total. The number of hydrogen-bond donors (Lipinski definition) is 1. The van der Waals surface area contributed by atoms with Crippen LogP contribution in [0.4, 0.5) is 0 Å². The average molecular weight is 281 g/mol. The van der Waals surface area contributed by atoms with Crippen molar-refractivity contribution in [1.29, 1.82) is 0 Å². The molecule has 110 valence electrons. The molecule has 1 heterocycles. The quantitative estimate of drug-likeness (QED) is 0.847. The first-order valence-corrected chi connectivity index (χ1v) is 7.96. The first-order valence-electron chi connectivity index (χ1n) is 7.96. The van der Waals surface area contributed by atoms with Crippen molar-refractivity contribution >= 4 is 10.9 Å². The number of fused-ring (bicyclic) bond motifs is 3. The van der Waals surface area contributed by atoms with E-state index in [1.807, 2.05) is 12.3 Å². The third kappa shape index (κ3) is 1.44. The van der Waals surface area contributed by atoms with Gasteiger partial charge in [0.25, 0.3) is 0 Å². The van der Waals surface area contributed by atoms with Gasteiger partial charge in [-0.25, -0.2) is 0 Å². The van der Waals surface area contributed by atoms with Gasteiger partial charge in [-0.3, -0.25) is 4.98 Å². The molecule has 21 heavy (non-hydrogen) atoms. The fraction of sp³-hybridized carbons (Fsp3) is 0.526. The molecule has 2 aliphatic carbocycles. The van der Waals surface area contributed by atoms with Crippen molar-refractivity contribution in [3.05, 3.63) is 42.1 Å². The summed E-state index contributed by atoms with van der Waals surface area (Å²) in [6.07, 6.45) is 5.33. The Morgan fingerprint density at radius 2 is 2.00 bits per heavy atom. The Balaban J connectivity index is 1.94. The van der Waals surface area contributed by atoms with Crippen LogP contribution in [-0.4, -0.2) is 10.1 Å². The summed E-state index contributed by atoms with van der Waals surface area (Å²) in [5.41, 5.74) is 1.18. The van der Waals surface area contributed by atoms with Gasteiger partial charge >= 0.3 is 0 Å². The summed E-state index contributed by atoms with van der Waals surface area (Å²) in [4.78, 5) is 4.47. The fourth-order valence-corrected chi connectivity index (χ4v) is 5.27. The Morgan fingerprint density at radius 3 is 2.71 bits per heavy atom. The minimum Gasteiger partial charge on any atom is -0.384 e. The average Bonchev–Trinajstić information content (AvgIpc) is 2.95. The highest BCUT2D eigenvalue weighted by atomic mass is 16.3. The summed E-state index contributed by atoms with van der Waals surface area (Å²) in [5.74, 6) is 0.618. The van der Waals surface area contributed by atoms with Crippen molar-refractivity contribution in [2.24, 2.45) is 16.7 Å². The van der Waals surface area contributed by atoms with Gasteiger partial charge in [-0.1, -0.05) is 39.0 Å². The van der Waals surface area contributed by atoms with Gasteiger partial charge in [0.1, 0.15) is 5.60 Å². The minimum atomic E-state index is -0.755. The zero-order valence-electron chi connectivity index (χ0n) is 13.1. The molecule has 0 saturated heterocycles. The molecule has 2 saturated carbocycles. The minimum absolute atomic E-state index is 0.0103. The summed E-state index contributed by atoms with van der Waals surface area (Å²) in [5, 5.41) is 12.9. The zero-order chi connectivity index (χ0) is 14.9. The zero-order valence-corrected chi connectivity index (χ0v) is 13.1. The lowest BCUT2D eigenvalue weighted by Crippen LogP contribution is -2.51. The van der Waals surface area contributed by atoms with Crippen LogP contribution in [0.25, 0.3) is 10.9 Å². The lowest BCUT2D eigenvalue weighted by atomic mass is 9.58. The number of aliphatic hydroxyl groups is 1. The van der Waals surface area contributed by atoms with Crippen LogP contribution < -0.4 is 0 Å². The van der Waals surface area contributed by atoms with Crippen LogP contribution in [0.3, 0.4) is 0 Å². The van der Waals surface area contributed by atoms with Crippen LogP contribution in [0.15, 0.2) is 36.5 Å². The molecule has 2 aromatic rings. The number of benzene rings is 1. The maximum absolute atomic E-state index is 11.8. The fourth-order valence-electron chi connectivity index (χ4n) is 5.27. The second-order valence-corrected chi connectivity index (χ2v) is 7.84. The Kier molecular flexibility index (Phi) is 2.44. The van der Waals surface area contributed by atoms with E-state index in [9.17, 15) is 5.11 Å². The van der Waals surface area contributed by atoms with Gasteiger partial charge in [0.2, 0.25) is 0 Å². The highest BCUT2D eigenvalue weighted by molar-refractivity contribution is 5.79. The lowest BCUT2D eigenvalue weighted by Gasteiger charge is -2.51. The molecule has 0 radical (unpaired) electrons. The molecule has 0 amide bonds. The normalized spacial score (nSPS) is 37.2. The summed E-state index contributed by atoms with van der Waals surface area (Å²) in [7, 11) is 0. The van der Waals surface area contributed by atoms with Crippen LogP contribution >= 0.6 is 0 Å². The van der Waals surface area contributed by atoms with E-state index in [0.29, 0.717) is 5.92 Å². The van der Waals surface area contributed by atoms with E-state index in [1.165, 1.54) is 6.42 Å². The predicted molar refractivity (Wildman–Crippen MR) is 84.9 cm³/mol. The van der Waals surface area contributed by atoms with E-state index in [0.717, 1.165) is 29.3 Å².